The highest BCUT2D eigenvalue weighted by Gasteiger charge is 2.57. The second-order valence-corrected chi connectivity index (χ2v) is 5.17. The van der Waals surface area contributed by atoms with E-state index in [0.717, 1.165) is 11.1 Å². The molecule has 20 heavy (non-hydrogen) atoms. The summed E-state index contributed by atoms with van der Waals surface area (Å²) in [6.45, 7) is 3.92. The van der Waals surface area contributed by atoms with E-state index in [0.29, 0.717) is 30.3 Å². The molecule has 2 aromatic rings. The molecule has 0 amide bonds. The van der Waals surface area contributed by atoms with Gasteiger partial charge in [-0.3, -0.25) is 9.78 Å². The van der Waals surface area contributed by atoms with Crippen molar-refractivity contribution in [3.8, 4) is 11.5 Å². The molecule has 1 aliphatic rings. The lowest BCUT2D eigenvalue weighted by Crippen LogP contribution is -2.22. The van der Waals surface area contributed by atoms with Crippen molar-refractivity contribution in [2.45, 2.75) is 32.1 Å². The summed E-state index contributed by atoms with van der Waals surface area (Å²) in [5, 5.41) is 3.94. The molecule has 2 heterocycles. The van der Waals surface area contributed by atoms with Crippen LogP contribution in [0.3, 0.4) is 0 Å². The fraction of sp³-hybridized carbons (Fsp3) is 0.429. The zero-order valence-electron chi connectivity index (χ0n) is 11.6. The Labute approximate surface area is 116 Å². The molecular weight excluding hydrogens is 258 g/mol. The summed E-state index contributed by atoms with van der Waals surface area (Å²) in [7, 11) is 1.37. The molecule has 1 aliphatic carbocycles. The highest BCUT2D eigenvalue weighted by atomic mass is 16.5. The second-order valence-electron chi connectivity index (χ2n) is 5.17. The maximum absolute atomic E-state index is 11.8. The normalized spacial score (nSPS) is 15.9. The smallest absolute Gasteiger partial charge is 0.321 e. The van der Waals surface area contributed by atoms with Crippen LogP contribution in [0.2, 0.25) is 0 Å². The number of aromatic nitrogens is 3. The number of rotatable bonds is 3. The summed E-state index contributed by atoms with van der Waals surface area (Å²) >= 11 is 0. The first-order valence-corrected chi connectivity index (χ1v) is 6.43. The third-order valence-corrected chi connectivity index (χ3v) is 3.59. The number of carbonyl (C=O) groups is 1. The van der Waals surface area contributed by atoms with Crippen molar-refractivity contribution >= 4 is 5.97 Å². The standard InChI is InChI=1S/C14H15N3O3/c1-8-6-9(2)10(15-7-8)11-16-12(20-17-11)14(4-5-14)13(18)19-3/h6-7H,4-5H2,1-3H3. The van der Waals surface area contributed by atoms with Crippen LogP contribution in [0.1, 0.15) is 29.9 Å². The highest BCUT2D eigenvalue weighted by molar-refractivity contribution is 5.85. The lowest BCUT2D eigenvalue weighted by molar-refractivity contribution is -0.144. The van der Waals surface area contributed by atoms with E-state index in [9.17, 15) is 4.79 Å². The minimum atomic E-state index is -0.737. The van der Waals surface area contributed by atoms with E-state index >= 15 is 0 Å². The van der Waals surface area contributed by atoms with Crippen molar-refractivity contribution < 1.29 is 14.1 Å². The van der Waals surface area contributed by atoms with Crippen LogP contribution in [0.25, 0.3) is 11.5 Å². The van der Waals surface area contributed by atoms with Crippen LogP contribution in [0.15, 0.2) is 16.8 Å². The number of aryl methyl sites for hydroxylation is 2. The lowest BCUT2D eigenvalue weighted by Gasteiger charge is -2.05. The average molecular weight is 273 g/mol. The molecular formula is C14H15N3O3. The van der Waals surface area contributed by atoms with Gasteiger partial charge in [0.1, 0.15) is 11.1 Å². The van der Waals surface area contributed by atoms with E-state index in [1.165, 1.54) is 7.11 Å². The Morgan fingerprint density at radius 2 is 2.15 bits per heavy atom. The molecule has 0 bridgehead atoms. The number of pyridine rings is 1. The van der Waals surface area contributed by atoms with Gasteiger partial charge in [0.25, 0.3) is 0 Å². The van der Waals surface area contributed by atoms with Gasteiger partial charge in [0.2, 0.25) is 11.7 Å². The van der Waals surface area contributed by atoms with Gasteiger partial charge in [0, 0.05) is 6.20 Å². The van der Waals surface area contributed by atoms with Crippen molar-refractivity contribution in [3.63, 3.8) is 0 Å². The van der Waals surface area contributed by atoms with Crippen LogP contribution < -0.4 is 0 Å². The maximum Gasteiger partial charge on any atom is 0.321 e. The largest absolute Gasteiger partial charge is 0.468 e. The number of hydrogen-bond donors (Lipinski definition) is 0. The molecule has 3 rings (SSSR count). The molecule has 0 spiro atoms. The minimum Gasteiger partial charge on any atom is -0.468 e. The first-order chi connectivity index (χ1) is 9.56. The predicted molar refractivity (Wildman–Crippen MR) is 69.9 cm³/mol. The Morgan fingerprint density at radius 1 is 1.40 bits per heavy atom. The number of methoxy groups -OCH3 is 1. The molecule has 6 nitrogen and oxygen atoms in total. The Bertz CT molecular complexity index is 674. The molecule has 1 saturated carbocycles. The van der Waals surface area contributed by atoms with Crippen molar-refractivity contribution in [3.05, 3.63) is 29.3 Å². The molecule has 1 fully saturated rings. The second kappa shape index (κ2) is 4.40. The van der Waals surface area contributed by atoms with Crippen molar-refractivity contribution in [2.75, 3.05) is 7.11 Å². The van der Waals surface area contributed by atoms with Gasteiger partial charge in [-0.2, -0.15) is 4.98 Å². The molecule has 0 aromatic carbocycles. The number of nitrogens with zero attached hydrogens (tertiary/aromatic N) is 3. The molecule has 0 radical (unpaired) electrons. The predicted octanol–water partition coefficient (Wildman–Crippen LogP) is 1.95. The third kappa shape index (κ3) is 1.88. The molecule has 0 N–H and O–H groups in total. The van der Waals surface area contributed by atoms with Crippen LogP contribution in [0, 0.1) is 13.8 Å². The summed E-state index contributed by atoms with van der Waals surface area (Å²) in [5.74, 6) is 0.412. The zero-order valence-corrected chi connectivity index (χ0v) is 11.6. The Balaban J connectivity index is 1.97. The fourth-order valence-electron chi connectivity index (χ4n) is 2.29. The van der Waals surface area contributed by atoms with E-state index in [1.807, 2.05) is 19.9 Å². The maximum atomic E-state index is 11.8. The van der Waals surface area contributed by atoms with Crippen LogP contribution in [0.5, 0.6) is 0 Å². The SMILES string of the molecule is COC(=O)C1(c2nc(-c3ncc(C)cc3C)no2)CC1. The van der Waals surface area contributed by atoms with Gasteiger partial charge in [-0.15, -0.1) is 0 Å². The molecule has 6 heteroatoms. The first-order valence-electron chi connectivity index (χ1n) is 6.43. The molecule has 0 unspecified atom stereocenters. The monoisotopic (exact) mass is 273 g/mol. The van der Waals surface area contributed by atoms with Gasteiger partial charge in [0.15, 0.2) is 0 Å². The molecule has 0 saturated heterocycles. The van der Waals surface area contributed by atoms with Crippen molar-refractivity contribution in [1.29, 1.82) is 0 Å². The van der Waals surface area contributed by atoms with Crippen LogP contribution >= 0.6 is 0 Å². The minimum absolute atomic E-state index is 0.318. The number of carbonyl (C=O) groups excluding carboxylic acids is 1. The Kier molecular flexibility index (Phi) is 2.81. The molecule has 2 aromatic heterocycles. The molecule has 104 valence electrons. The summed E-state index contributed by atoms with van der Waals surface area (Å²) in [6.07, 6.45) is 3.12. The quantitative estimate of drug-likeness (QED) is 0.795. The Morgan fingerprint density at radius 3 is 2.75 bits per heavy atom. The van der Waals surface area contributed by atoms with Gasteiger partial charge in [-0.05, 0) is 37.8 Å². The number of ether oxygens (including phenoxy) is 1. The summed E-state index contributed by atoms with van der Waals surface area (Å²) in [5.41, 5.74) is 1.98. The van der Waals surface area contributed by atoms with Crippen molar-refractivity contribution in [1.82, 2.24) is 15.1 Å². The molecule has 0 atom stereocenters. The molecule has 0 aliphatic heterocycles. The zero-order chi connectivity index (χ0) is 14.3. The van der Waals surface area contributed by atoms with Gasteiger partial charge >= 0.3 is 5.97 Å². The average Bonchev–Trinajstić information content (AvgIpc) is 3.10. The third-order valence-electron chi connectivity index (χ3n) is 3.59. The topological polar surface area (TPSA) is 78.1 Å². The van der Waals surface area contributed by atoms with Gasteiger partial charge < -0.3 is 9.26 Å². The van der Waals surface area contributed by atoms with Gasteiger partial charge in [-0.25, -0.2) is 0 Å². The lowest BCUT2D eigenvalue weighted by atomic mass is 10.1. The van der Waals surface area contributed by atoms with Crippen LogP contribution in [0.4, 0.5) is 0 Å². The Hall–Kier alpha value is -2.24. The van der Waals surface area contributed by atoms with Gasteiger partial charge in [0.05, 0.1) is 7.11 Å². The van der Waals surface area contributed by atoms with Crippen molar-refractivity contribution in [2.24, 2.45) is 0 Å². The fourth-order valence-corrected chi connectivity index (χ4v) is 2.29. The number of hydrogen-bond acceptors (Lipinski definition) is 6. The van der Waals surface area contributed by atoms with E-state index in [4.69, 9.17) is 9.26 Å². The van der Waals surface area contributed by atoms with E-state index in [2.05, 4.69) is 15.1 Å². The summed E-state index contributed by atoms with van der Waals surface area (Å²) in [4.78, 5) is 20.4. The number of esters is 1. The summed E-state index contributed by atoms with van der Waals surface area (Å²) in [6, 6.07) is 2.01. The highest BCUT2D eigenvalue weighted by Crippen LogP contribution is 2.48. The van der Waals surface area contributed by atoms with E-state index < -0.39 is 5.41 Å². The van der Waals surface area contributed by atoms with Crippen LogP contribution in [-0.2, 0) is 14.9 Å². The van der Waals surface area contributed by atoms with E-state index in [1.54, 1.807) is 6.20 Å². The van der Waals surface area contributed by atoms with Crippen LogP contribution in [-0.4, -0.2) is 28.2 Å². The van der Waals surface area contributed by atoms with E-state index in [-0.39, 0.29) is 5.97 Å². The first kappa shape index (κ1) is 12.8. The van der Waals surface area contributed by atoms with Gasteiger partial charge in [-0.1, -0.05) is 11.2 Å². The summed E-state index contributed by atoms with van der Waals surface area (Å²) < 4.78 is 10.1.